The van der Waals surface area contributed by atoms with Gasteiger partial charge in [0.15, 0.2) is 0 Å². The van der Waals surface area contributed by atoms with E-state index in [0.717, 1.165) is 6.54 Å². The molecule has 1 rings (SSSR count). The van der Waals surface area contributed by atoms with E-state index < -0.39 is 0 Å². The van der Waals surface area contributed by atoms with Crippen LogP contribution in [0.5, 0.6) is 0 Å². The third-order valence-electron chi connectivity index (χ3n) is 1.61. The highest BCUT2D eigenvalue weighted by Gasteiger charge is 1.96. The molecule has 0 atom stereocenters. The first-order chi connectivity index (χ1) is 5.34. The number of nitrogens with one attached hydrogen (secondary N) is 1. The molecule has 0 bridgehead atoms. The Balaban J connectivity index is 2.74. The minimum atomic E-state index is 0.935. The topological polar surface area (TPSA) is 12.0 Å². The molecule has 0 aromatic carbocycles. The quantitative estimate of drug-likeness (QED) is 0.590. The van der Waals surface area contributed by atoms with Crippen molar-refractivity contribution in [1.82, 2.24) is 5.32 Å². The lowest BCUT2D eigenvalue weighted by Gasteiger charge is -2.07. The van der Waals surface area contributed by atoms with Gasteiger partial charge in [-0.15, -0.1) is 0 Å². The third kappa shape index (κ3) is 2.11. The summed E-state index contributed by atoms with van der Waals surface area (Å²) in [5, 5.41) is 3.15. The van der Waals surface area contributed by atoms with E-state index in [0.29, 0.717) is 0 Å². The largest absolute Gasteiger partial charge is 0.387 e. The van der Waals surface area contributed by atoms with Crippen LogP contribution in [0.3, 0.4) is 0 Å². The molecule has 0 aromatic heterocycles. The van der Waals surface area contributed by atoms with Gasteiger partial charge in [0.2, 0.25) is 0 Å². The summed E-state index contributed by atoms with van der Waals surface area (Å²) in [6.45, 7) is 6.66. The molecule has 1 nitrogen and oxygen atoms in total. The monoisotopic (exact) mass is 147 g/mol. The summed E-state index contributed by atoms with van der Waals surface area (Å²) in [6.07, 6.45) is 10.1. The predicted octanol–water partition coefficient (Wildman–Crippen LogP) is 2.16. The summed E-state index contributed by atoms with van der Waals surface area (Å²) < 4.78 is 0. The fourth-order valence-electron chi connectivity index (χ4n) is 0.989. The van der Waals surface area contributed by atoms with Gasteiger partial charge in [-0.1, -0.05) is 30.9 Å². The van der Waals surface area contributed by atoms with Gasteiger partial charge in [0.25, 0.3) is 0 Å². The second-order valence-electron chi connectivity index (χ2n) is 2.50. The number of rotatable bonds is 2. The van der Waals surface area contributed by atoms with Crippen LogP contribution in [0, 0.1) is 0 Å². The number of hydrogen-bond donors (Lipinski definition) is 1. The fourth-order valence-corrected chi connectivity index (χ4v) is 0.989. The maximum atomic E-state index is 3.65. The van der Waals surface area contributed by atoms with Crippen molar-refractivity contribution in [3.05, 3.63) is 48.2 Å². The molecule has 0 fully saturated rings. The normalized spacial score (nSPS) is 17.2. The molecule has 1 aliphatic rings. The highest BCUT2D eigenvalue weighted by Crippen LogP contribution is 2.11. The van der Waals surface area contributed by atoms with E-state index in [1.807, 2.05) is 12.3 Å². The van der Waals surface area contributed by atoms with Gasteiger partial charge in [-0.2, -0.15) is 0 Å². The molecular formula is C10H13N. The van der Waals surface area contributed by atoms with E-state index in [2.05, 4.69) is 31.0 Å². The van der Waals surface area contributed by atoms with Gasteiger partial charge in [0.1, 0.15) is 0 Å². The van der Waals surface area contributed by atoms with Gasteiger partial charge >= 0.3 is 0 Å². The Morgan fingerprint density at radius 3 is 3.09 bits per heavy atom. The molecule has 58 valence electrons. The second kappa shape index (κ2) is 3.81. The molecule has 0 radical (unpaired) electrons. The van der Waals surface area contributed by atoms with E-state index in [-0.39, 0.29) is 0 Å². The van der Waals surface area contributed by atoms with Crippen LogP contribution >= 0.6 is 0 Å². The van der Waals surface area contributed by atoms with Gasteiger partial charge in [0, 0.05) is 12.7 Å². The van der Waals surface area contributed by atoms with Crippen molar-refractivity contribution in [2.45, 2.75) is 6.92 Å². The number of hydrogen-bond acceptors (Lipinski definition) is 1. The fraction of sp³-hybridized carbons (Fsp3) is 0.200. The molecule has 0 aliphatic carbocycles. The van der Waals surface area contributed by atoms with Gasteiger partial charge in [-0.05, 0) is 18.1 Å². The van der Waals surface area contributed by atoms with Crippen LogP contribution in [-0.2, 0) is 0 Å². The van der Waals surface area contributed by atoms with Gasteiger partial charge in [-0.3, -0.25) is 0 Å². The van der Waals surface area contributed by atoms with E-state index >= 15 is 0 Å². The molecule has 1 heteroatoms. The van der Waals surface area contributed by atoms with E-state index in [1.54, 1.807) is 6.08 Å². The summed E-state index contributed by atoms with van der Waals surface area (Å²) in [5.74, 6) is 0. The van der Waals surface area contributed by atoms with Crippen molar-refractivity contribution in [3.63, 3.8) is 0 Å². The summed E-state index contributed by atoms with van der Waals surface area (Å²) in [6, 6.07) is 0. The number of dihydropyridines is 1. The Bertz CT molecular complexity index is 231. The molecule has 1 N–H and O–H groups in total. The molecule has 0 saturated heterocycles. The average Bonchev–Trinajstić information content (AvgIpc) is 2.07. The van der Waals surface area contributed by atoms with Crippen LogP contribution in [0.1, 0.15) is 6.92 Å². The third-order valence-corrected chi connectivity index (χ3v) is 1.61. The molecular weight excluding hydrogens is 134 g/mol. The van der Waals surface area contributed by atoms with Gasteiger partial charge in [-0.25, -0.2) is 0 Å². The van der Waals surface area contributed by atoms with Crippen LogP contribution < -0.4 is 5.32 Å². The van der Waals surface area contributed by atoms with Crippen LogP contribution in [0.25, 0.3) is 0 Å². The first kappa shape index (κ1) is 7.86. The first-order valence-corrected chi connectivity index (χ1v) is 3.74. The summed E-state index contributed by atoms with van der Waals surface area (Å²) in [5.41, 5.74) is 2.47. The first-order valence-electron chi connectivity index (χ1n) is 3.74. The highest BCUT2D eigenvalue weighted by atomic mass is 14.8. The average molecular weight is 147 g/mol. The highest BCUT2D eigenvalue weighted by molar-refractivity contribution is 5.40. The molecule has 0 amide bonds. The lowest BCUT2D eigenvalue weighted by atomic mass is 10.1. The summed E-state index contributed by atoms with van der Waals surface area (Å²) in [4.78, 5) is 0. The molecule has 0 unspecified atom stereocenters. The van der Waals surface area contributed by atoms with Crippen molar-refractivity contribution in [2.75, 3.05) is 6.54 Å². The SMILES string of the molecule is C=C/C=C(\C)C1=CNCC=C1. The molecule has 0 saturated carbocycles. The van der Waals surface area contributed by atoms with Crippen molar-refractivity contribution >= 4 is 0 Å². The zero-order valence-corrected chi connectivity index (χ0v) is 6.80. The van der Waals surface area contributed by atoms with Crippen LogP contribution in [0.4, 0.5) is 0 Å². The Morgan fingerprint density at radius 2 is 2.55 bits per heavy atom. The van der Waals surface area contributed by atoms with Crippen molar-refractivity contribution in [1.29, 1.82) is 0 Å². The summed E-state index contributed by atoms with van der Waals surface area (Å²) >= 11 is 0. The van der Waals surface area contributed by atoms with Gasteiger partial charge in [0.05, 0.1) is 0 Å². The predicted molar refractivity (Wildman–Crippen MR) is 49.2 cm³/mol. The van der Waals surface area contributed by atoms with Crippen LogP contribution in [-0.4, -0.2) is 6.54 Å². The van der Waals surface area contributed by atoms with E-state index in [4.69, 9.17) is 0 Å². The maximum Gasteiger partial charge on any atom is 0.0328 e. The Hall–Kier alpha value is -1.24. The zero-order chi connectivity index (χ0) is 8.10. The molecule has 1 heterocycles. The minimum Gasteiger partial charge on any atom is -0.387 e. The Kier molecular flexibility index (Phi) is 2.73. The molecule has 0 spiro atoms. The van der Waals surface area contributed by atoms with Crippen molar-refractivity contribution < 1.29 is 0 Å². The Labute approximate surface area is 67.8 Å². The van der Waals surface area contributed by atoms with Crippen LogP contribution in [0.15, 0.2) is 48.2 Å². The Morgan fingerprint density at radius 1 is 1.73 bits per heavy atom. The smallest absolute Gasteiger partial charge is 0.0328 e. The van der Waals surface area contributed by atoms with Gasteiger partial charge < -0.3 is 5.32 Å². The maximum absolute atomic E-state index is 3.65. The van der Waals surface area contributed by atoms with Crippen molar-refractivity contribution in [2.24, 2.45) is 0 Å². The zero-order valence-electron chi connectivity index (χ0n) is 6.80. The molecule has 1 aliphatic heterocycles. The second-order valence-corrected chi connectivity index (χ2v) is 2.50. The molecule has 0 aromatic rings. The lowest BCUT2D eigenvalue weighted by molar-refractivity contribution is 0.957. The van der Waals surface area contributed by atoms with Crippen LogP contribution in [0.2, 0.25) is 0 Å². The number of allylic oxidation sites excluding steroid dienone is 5. The minimum absolute atomic E-state index is 0.935. The molecule has 11 heavy (non-hydrogen) atoms. The summed E-state index contributed by atoms with van der Waals surface area (Å²) in [7, 11) is 0. The van der Waals surface area contributed by atoms with E-state index in [1.165, 1.54) is 11.1 Å². The van der Waals surface area contributed by atoms with Crippen molar-refractivity contribution in [3.8, 4) is 0 Å². The standard InChI is InChI=1S/C10H13N/c1-3-5-9(2)10-6-4-7-11-8-10/h3-6,8,11H,1,7H2,2H3/b9-5+. The lowest BCUT2D eigenvalue weighted by Crippen LogP contribution is -2.09. The van der Waals surface area contributed by atoms with E-state index in [9.17, 15) is 0 Å².